The number of rotatable bonds is 9. The fourth-order valence-corrected chi connectivity index (χ4v) is 4.38. The Hall–Kier alpha value is -4.98. The van der Waals surface area contributed by atoms with E-state index in [1.54, 1.807) is 18.3 Å². The molecular formula is C32H26FN3O4. The molecule has 2 heterocycles. The van der Waals surface area contributed by atoms with Crippen LogP contribution in [0.15, 0.2) is 89.7 Å². The van der Waals surface area contributed by atoms with E-state index in [1.165, 1.54) is 18.3 Å². The van der Waals surface area contributed by atoms with E-state index >= 15 is 4.39 Å². The molecule has 1 N–H and O–H groups in total. The minimum absolute atomic E-state index is 0.0236. The normalized spacial score (nSPS) is 11.8. The number of benzene rings is 3. The van der Waals surface area contributed by atoms with E-state index in [9.17, 15) is 14.7 Å². The van der Waals surface area contributed by atoms with E-state index in [0.717, 1.165) is 27.8 Å². The third kappa shape index (κ3) is 6.02. The van der Waals surface area contributed by atoms with Gasteiger partial charge in [0, 0.05) is 35.5 Å². The molecule has 1 atom stereocenters. The summed E-state index contributed by atoms with van der Waals surface area (Å²) in [7, 11) is 0. The van der Waals surface area contributed by atoms with Crippen LogP contribution in [0.25, 0.3) is 34.0 Å². The van der Waals surface area contributed by atoms with E-state index < -0.39 is 17.7 Å². The number of carbonyl (C=O) groups is 2. The standard InChI is InChI=1S/C32H26FN3O4/c1-19-3-8-22(9-4-19)25-15-26(18-34-17-25)29(37)16-24(32(38)39)13-21-7-12-27(28(33)14-21)30-35-31(40-36-30)23-10-5-20(2)6-11-23/h3-12,14-15,17-18,24H,13,16H2,1-2H3,(H,38,39). The number of ketones is 1. The lowest BCUT2D eigenvalue weighted by Crippen LogP contribution is -2.20. The van der Waals surface area contributed by atoms with Crippen molar-refractivity contribution in [2.75, 3.05) is 0 Å². The van der Waals surface area contributed by atoms with Crippen LogP contribution in [-0.2, 0) is 11.2 Å². The molecule has 0 aliphatic carbocycles. The SMILES string of the molecule is Cc1ccc(-c2cncc(C(=O)CC(Cc3ccc(-c4noc(-c5ccc(C)cc5)n4)c(F)c3)C(=O)O)c2)cc1. The van der Waals surface area contributed by atoms with E-state index in [-0.39, 0.29) is 35.9 Å². The van der Waals surface area contributed by atoms with Crippen LogP contribution in [0.2, 0.25) is 0 Å². The Morgan fingerprint density at radius 3 is 2.20 bits per heavy atom. The molecule has 5 aromatic rings. The number of aliphatic carboxylic acids is 1. The van der Waals surface area contributed by atoms with Crippen molar-refractivity contribution in [3.05, 3.63) is 113 Å². The van der Waals surface area contributed by atoms with Crippen LogP contribution in [0, 0.1) is 25.6 Å². The van der Waals surface area contributed by atoms with Gasteiger partial charge in [0.15, 0.2) is 5.78 Å². The topological polar surface area (TPSA) is 106 Å². The minimum atomic E-state index is -1.14. The predicted molar refractivity (Wildman–Crippen MR) is 148 cm³/mol. The highest BCUT2D eigenvalue weighted by Crippen LogP contribution is 2.27. The van der Waals surface area contributed by atoms with Crippen molar-refractivity contribution in [1.82, 2.24) is 15.1 Å². The molecule has 0 radical (unpaired) electrons. The lowest BCUT2D eigenvalue weighted by Gasteiger charge is -2.13. The fourth-order valence-electron chi connectivity index (χ4n) is 4.38. The summed E-state index contributed by atoms with van der Waals surface area (Å²) < 4.78 is 20.4. The second-order valence-electron chi connectivity index (χ2n) is 9.80. The molecule has 0 aliphatic rings. The Kier molecular flexibility index (Phi) is 7.59. The summed E-state index contributed by atoms with van der Waals surface area (Å²) in [6.07, 6.45) is 2.82. The van der Waals surface area contributed by atoms with Gasteiger partial charge in [-0.3, -0.25) is 14.6 Å². The molecule has 7 nitrogen and oxygen atoms in total. The zero-order chi connectivity index (χ0) is 28.2. The highest BCUT2D eigenvalue weighted by atomic mass is 19.1. The summed E-state index contributed by atoms with van der Waals surface area (Å²) in [5, 5.41) is 13.7. The minimum Gasteiger partial charge on any atom is -0.481 e. The van der Waals surface area contributed by atoms with Gasteiger partial charge in [-0.05, 0) is 61.7 Å². The average molecular weight is 536 g/mol. The third-order valence-electron chi connectivity index (χ3n) is 6.71. The lowest BCUT2D eigenvalue weighted by atomic mass is 9.91. The van der Waals surface area contributed by atoms with Gasteiger partial charge >= 0.3 is 5.97 Å². The Morgan fingerprint density at radius 1 is 0.875 bits per heavy atom. The van der Waals surface area contributed by atoms with Crippen LogP contribution in [-0.4, -0.2) is 32.0 Å². The molecule has 8 heteroatoms. The van der Waals surface area contributed by atoms with Crippen LogP contribution in [0.1, 0.15) is 33.5 Å². The number of carbonyl (C=O) groups excluding carboxylic acids is 1. The highest BCUT2D eigenvalue weighted by molar-refractivity contribution is 5.98. The summed E-state index contributed by atoms with van der Waals surface area (Å²) in [5.74, 6) is -2.78. The molecule has 1 unspecified atom stereocenters. The van der Waals surface area contributed by atoms with Gasteiger partial charge in [0.1, 0.15) is 5.82 Å². The summed E-state index contributed by atoms with van der Waals surface area (Å²) >= 11 is 0. The number of pyridine rings is 1. The quantitative estimate of drug-likeness (QED) is 0.208. The first-order valence-corrected chi connectivity index (χ1v) is 12.7. The van der Waals surface area contributed by atoms with Crippen molar-refractivity contribution in [2.24, 2.45) is 5.92 Å². The van der Waals surface area contributed by atoms with Crippen molar-refractivity contribution in [3.8, 4) is 34.0 Å². The molecule has 40 heavy (non-hydrogen) atoms. The smallest absolute Gasteiger partial charge is 0.307 e. The molecule has 3 aromatic carbocycles. The number of aromatic nitrogens is 3. The van der Waals surface area contributed by atoms with Gasteiger partial charge in [0.25, 0.3) is 5.89 Å². The van der Waals surface area contributed by atoms with Crippen LogP contribution in [0.5, 0.6) is 0 Å². The molecule has 0 fully saturated rings. The van der Waals surface area contributed by atoms with Crippen molar-refractivity contribution >= 4 is 11.8 Å². The Morgan fingerprint density at radius 2 is 1.55 bits per heavy atom. The van der Waals surface area contributed by atoms with Crippen molar-refractivity contribution < 1.29 is 23.6 Å². The Balaban J connectivity index is 1.30. The first-order chi connectivity index (χ1) is 19.3. The summed E-state index contributed by atoms with van der Waals surface area (Å²) in [5.41, 5.74) is 5.49. The van der Waals surface area contributed by atoms with Gasteiger partial charge in [0.05, 0.1) is 11.5 Å². The zero-order valence-electron chi connectivity index (χ0n) is 22.0. The first-order valence-electron chi connectivity index (χ1n) is 12.7. The fraction of sp³-hybridized carbons (Fsp3) is 0.156. The molecule has 200 valence electrons. The van der Waals surface area contributed by atoms with Gasteiger partial charge in [-0.25, -0.2) is 4.39 Å². The summed E-state index contributed by atoms with van der Waals surface area (Å²) in [6.45, 7) is 3.95. The van der Waals surface area contributed by atoms with Crippen LogP contribution in [0.3, 0.4) is 0 Å². The van der Waals surface area contributed by atoms with Crippen LogP contribution < -0.4 is 0 Å². The van der Waals surface area contributed by atoms with Crippen LogP contribution in [0.4, 0.5) is 4.39 Å². The summed E-state index contributed by atoms with van der Waals surface area (Å²) in [6, 6.07) is 21.4. The van der Waals surface area contributed by atoms with Gasteiger partial charge in [-0.1, -0.05) is 58.7 Å². The van der Waals surface area contributed by atoms with Crippen molar-refractivity contribution in [3.63, 3.8) is 0 Å². The molecule has 0 bridgehead atoms. The number of Topliss-reactive ketones (excluding diaryl/α,β-unsaturated/α-hetero) is 1. The van der Waals surface area contributed by atoms with E-state index in [2.05, 4.69) is 15.1 Å². The third-order valence-corrected chi connectivity index (χ3v) is 6.71. The van der Waals surface area contributed by atoms with Gasteiger partial charge in [-0.2, -0.15) is 4.98 Å². The Bertz CT molecular complexity index is 1680. The maximum Gasteiger partial charge on any atom is 0.307 e. The lowest BCUT2D eigenvalue weighted by molar-refractivity contribution is -0.141. The zero-order valence-corrected chi connectivity index (χ0v) is 22.0. The summed E-state index contributed by atoms with van der Waals surface area (Å²) in [4.78, 5) is 33.5. The maximum atomic E-state index is 15.1. The second-order valence-corrected chi connectivity index (χ2v) is 9.80. The monoisotopic (exact) mass is 535 g/mol. The number of nitrogens with zero attached hydrogens (tertiary/aromatic N) is 3. The highest BCUT2D eigenvalue weighted by Gasteiger charge is 2.24. The number of carboxylic acid groups (broad SMARTS) is 1. The molecule has 0 amide bonds. The molecule has 0 spiro atoms. The number of halogens is 1. The van der Waals surface area contributed by atoms with Gasteiger partial charge in [-0.15, -0.1) is 0 Å². The maximum absolute atomic E-state index is 15.1. The van der Waals surface area contributed by atoms with Gasteiger partial charge < -0.3 is 9.63 Å². The largest absolute Gasteiger partial charge is 0.481 e. The van der Waals surface area contributed by atoms with Gasteiger partial charge in [0.2, 0.25) is 5.82 Å². The number of hydrogen-bond acceptors (Lipinski definition) is 6. The number of carboxylic acids is 1. The Labute approximate surface area is 230 Å². The molecule has 0 saturated heterocycles. The first kappa shape index (κ1) is 26.6. The predicted octanol–water partition coefficient (Wildman–Crippen LogP) is 6.74. The second kappa shape index (κ2) is 11.4. The molecule has 2 aromatic heterocycles. The van der Waals surface area contributed by atoms with Crippen molar-refractivity contribution in [2.45, 2.75) is 26.7 Å². The molecule has 0 aliphatic heterocycles. The number of aryl methyl sites for hydroxylation is 2. The molecule has 0 saturated carbocycles. The molecule has 5 rings (SSSR count). The van der Waals surface area contributed by atoms with E-state index in [1.807, 2.05) is 62.4 Å². The van der Waals surface area contributed by atoms with Crippen LogP contribution >= 0.6 is 0 Å². The van der Waals surface area contributed by atoms with Crippen molar-refractivity contribution in [1.29, 1.82) is 0 Å². The molecular weight excluding hydrogens is 509 g/mol. The van der Waals surface area contributed by atoms with E-state index in [0.29, 0.717) is 11.1 Å². The number of hydrogen-bond donors (Lipinski definition) is 1. The average Bonchev–Trinajstić information content (AvgIpc) is 3.43. The van der Waals surface area contributed by atoms with E-state index in [4.69, 9.17) is 4.52 Å².